The van der Waals surface area contributed by atoms with Crippen LogP contribution in [-0.4, -0.2) is 11.5 Å². The zero-order valence-electron chi connectivity index (χ0n) is 13.4. The van der Waals surface area contributed by atoms with Gasteiger partial charge in [0.1, 0.15) is 0 Å². The molecule has 0 spiro atoms. The Morgan fingerprint density at radius 1 is 1.25 bits per heavy atom. The minimum absolute atomic E-state index is 0.493. The van der Waals surface area contributed by atoms with Crippen LogP contribution < -0.4 is 5.32 Å². The van der Waals surface area contributed by atoms with Gasteiger partial charge in [-0.3, -0.25) is 4.98 Å². The van der Waals surface area contributed by atoms with Crippen molar-refractivity contribution in [2.75, 3.05) is 6.54 Å². The summed E-state index contributed by atoms with van der Waals surface area (Å²) in [5.74, 6) is 1.66. The number of hydrogen-bond acceptors (Lipinski definition) is 2. The number of nitrogens with zero attached hydrogens (tertiary/aromatic N) is 1. The molecule has 1 fully saturated rings. The monoisotopic (exact) mass is 274 g/mol. The highest BCUT2D eigenvalue weighted by Gasteiger charge is 2.31. The molecule has 1 heterocycles. The van der Waals surface area contributed by atoms with E-state index in [4.69, 9.17) is 0 Å². The smallest absolute Gasteiger partial charge is 0.0366 e. The van der Waals surface area contributed by atoms with E-state index in [0.717, 1.165) is 18.4 Å². The van der Waals surface area contributed by atoms with Crippen molar-refractivity contribution in [3.05, 3.63) is 29.6 Å². The Morgan fingerprint density at radius 3 is 2.75 bits per heavy atom. The zero-order chi connectivity index (χ0) is 14.4. The number of aromatic nitrogens is 1. The summed E-state index contributed by atoms with van der Waals surface area (Å²) in [6.07, 6.45) is 12.1. The van der Waals surface area contributed by atoms with Crippen LogP contribution in [-0.2, 0) is 0 Å². The topological polar surface area (TPSA) is 24.9 Å². The molecule has 2 nitrogen and oxygen atoms in total. The van der Waals surface area contributed by atoms with E-state index in [1.165, 1.54) is 49.7 Å². The minimum atomic E-state index is 0.493. The fraction of sp³-hybridized carbons (Fsp3) is 0.722. The van der Waals surface area contributed by atoms with Crippen LogP contribution >= 0.6 is 0 Å². The highest BCUT2D eigenvalue weighted by molar-refractivity contribution is 5.21. The summed E-state index contributed by atoms with van der Waals surface area (Å²) in [4.78, 5) is 4.42. The molecule has 3 atom stereocenters. The molecule has 0 radical (unpaired) electrons. The van der Waals surface area contributed by atoms with Gasteiger partial charge in [0.15, 0.2) is 0 Å². The third-order valence-corrected chi connectivity index (χ3v) is 4.79. The maximum Gasteiger partial charge on any atom is 0.0366 e. The van der Waals surface area contributed by atoms with E-state index in [-0.39, 0.29) is 0 Å². The van der Waals surface area contributed by atoms with Gasteiger partial charge in [0.2, 0.25) is 0 Å². The van der Waals surface area contributed by atoms with E-state index in [2.05, 4.69) is 43.3 Å². The first-order chi connectivity index (χ1) is 9.76. The van der Waals surface area contributed by atoms with Gasteiger partial charge >= 0.3 is 0 Å². The molecule has 1 aliphatic carbocycles. The Morgan fingerprint density at radius 2 is 2.05 bits per heavy atom. The van der Waals surface area contributed by atoms with E-state index in [0.29, 0.717) is 6.04 Å². The molecule has 1 saturated carbocycles. The van der Waals surface area contributed by atoms with Gasteiger partial charge in [-0.05, 0) is 49.3 Å². The fourth-order valence-electron chi connectivity index (χ4n) is 3.75. The van der Waals surface area contributed by atoms with Crippen molar-refractivity contribution in [1.29, 1.82) is 0 Å². The molecule has 112 valence electrons. The highest BCUT2D eigenvalue weighted by Crippen LogP contribution is 2.40. The summed E-state index contributed by atoms with van der Waals surface area (Å²) in [7, 11) is 0. The van der Waals surface area contributed by atoms with Gasteiger partial charge < -0.3 is 5.32 Å². The van der Waals surface area contributed by atoms with Crippen molar-refractivity contribution in [2.24, 2.45) is 11.8 Å². The Kier molecular flexibility index (Phi) is 6.03. The third kappa shape index (κ3) is 3.82. The van der Waals surface area contributed by atoms with Gasteiger partial charge in [-0.1, -0.05) is 45.6 Å². The van der Waals surface area contributed by atoms with Crippen LogP contribution in [0, 0.1) is 18.8 Å². The Balaban J connectivity index is 2.21. The molecule has 0 aliphatic heterocycles. The fourth-order valence-corrected chi connectivity index (χ4v) is 3.75. The molecular formula is C18H30N2. The molecular weight excluding hydrogens is 244 g/mol. The first kappa shape index (κ1) is 15.5. The van der Waals surface area contributed by atoms with Gasteiger partial charge in [-0.25, -0.2) is 0 Å². The van der Waals surface area contributed by atoms with Crippen molar-refractivity contribution < 1.29 is 0 Å². The molecule has 1 aliphatic rings. The van der Waals surface area contributed by atoms with Crippen LogP contribution in [0.5, 0.6) is 0 Å². The number of nitrogens with one attached hydrogen (secondary N) is 1. The molecule has 0 aromatic carbocycles. The average molecular weight is 274 g/mol. The average Bonchev–Trinajstić information content (AvgIpc) is 2.48. The van der Waals surface area contributed by atoms with Gasteiger partial charge in [0.25, 0.3) is 0 Å². The lowest BCUT2D eigenvalue weighted by atomic mass is 9.72. The molecule has 0 saturated heterocycles. The quantitative estimate of drug-likeness (QED) is 0.817. The summed E-state index contributed by atoms with van der Waals surface area (Å²) < 4.78 is 0. The van der Waals surface area contributed by atoms with Crippen LogP contribution in [0.4, 0.5) is 0 Å². The summed E-state index contributed by atoms with van der Waals surface area (Å²) >= 11 is 0. The molecule has 2 rings (SSSR count). The summed E-state index contributed by atoms with van der Waals surface area (Å²) in [6, 6.07) is 2.81. The largest absolute Gasteiger partial charge is 0.310 e. The second-order valence-electron chi connectivity index (χ2n) is 6.34. The lowest BCUT2D eigenvalue weighted by molar-refractivity contribution is 0.175. The minimum Gasteiger partial charge on any atom is -0.310 e. The molecule has 0 amide bonds. The van der Waals surface area contributed by atoms with Crippen molar-refractivity contribution in [2.45, 2.75) is 65.3 Å². The third-order valence-electron chi connectivity index (χ3n) is 4.79. The van der Waals surface area contributed by atoms with Crippen LogP contribution in [0.15, 0.2) is 18.5 Å². The molecule has 0 bridgehead atoms. The lowest BCUT2D eigenvalue weighted by Crippen LogP contribution is -2.35. The van der Waals surface area contributed by atoms with Crippen LogP contribution in [0.1, 0.15) is 69.5 Å². The Labute approximate surface area is 124 Å². The highest BCUT2D eigenvalue weighted by atomic mass is 14.9. The second-order valence-corrected chi connectivity index (χ2v) is 6.34. The van der Waals surface area contributed by atoms with E-state index in [9.17, 15) is 0 Å². The second kappa shape index (κ2) is 7.78. The van der Waals surface area contributed by atoms with Crippen molar-refractivity contribution in [1.82, 2.24) is 10.3 Å². The maximum atomic E-state index is 4.42. The normalized spacial score (nSPS) is 24.6. The van der Waals surface area contributed by atoms with E-state index >= 15 is 0 Å². The van der Waals surface area contributed by atoms with Crippen molar-refractivity contribution in [3.63, 3.8) is 0 Å². The van der Waals surface area contributed by atoms with Crippen molar-refractivity contribution >= 4 is 0 Å². The molecule has 20 heavy (non-hydrogen) atoms. The Bertz CT molecular complexity index is 402. The molecule has 1 aromatic heterocycles. The van der Waals surface area contributed by atoms with Crippen LogP contribution in [0.25, 0.3) is 0 Å². The van der Waals surface area contributed by atoms with Crippen LogP contribution in [0.3, 0.4) is 0 Å². The molecule has 1 N–H and O–H groups in total. The number of pyridine rings is 1. The summed E-state index contributed by atoms with van der Waals surface area (Å²) in [5, 5.41) is 3.81. The number of rotatable bonds is 6. The molecule has 2 heteroatoms. The van der Waals surface area contributed by atoms with Gasteiger partial charge in [-0.15, -0.1) is 0 Å². The first-order valence-electron chi connectivity index (χ1n) is 8.41. The maximum absolute atomic E-state index is 4.42. The van der Waals surface area contributed by atoms with E-state index in [1.807, 2.05) is 6.20 Å². The SMILES string of the molecule is CCCNC(c1cncc(C)c1)C1CCCCC1CC. The number of hydrogen-bond donors (Lipinski definition) is 1. The summed E-state index contributed by atoms with van der Waals surface area (Å²) in [6.45, 7) is 7.85. The Hall–Kier alpha value is -0.890. The predicted octanol–water partition coefficient (Wildman–Crippen LogP) is 4.65. The van der Waals surface area contributed by atoms with E-state index in [1.54, 1.807) is 0 Å². The summed E-state index contributed by atoms with van der Waals surface area (Å²) in [5.41, 5.74) is 2.67. The van der Waals surface area contributed by atoms with E-state index < -0.39 is 0 Å². The molecule has 3 unspecified atom stereocenters. The predicted molar refractivity (Wildman–Crippen MR) is 85.7 cm³/mol. The first-order valence-corrected chi connectivity index (χ1v) is 8.41. The van der Waals surface area contributed by atoms with Gasteiger partial charge in [-0.2, -0.15) is 0 Å². The van der Waals surface area contributed by atoms with Gasteiger partial charge in [0.05, 0.1) is 0 Å². The lowest BCUT2D eigenvalue weighted by Gasteiger charge is -2.37. The van der Waals surface area contributed by atoms with Gasteiger partial charge in [0, 0.05) is 18.4 Å². The van der Waals surface area contributed by atoms with Crippen LogP contribution in [0.2, 0.25) is 0 Å². The zero-order valence-corrected chi connectivity index (χ0v) is 13.4. The standard InChI is InChI=1S/C18H30N2/c1-4-10-20-18(16-11-14(3)12-19-13-16)17-9-7-6-8-15(17)5-2/h11-13,15,17-18,20H,4-10H2,1-3H3. The molecule has 1 aromatic rings. The number of aryl methyl sites for hydroxylation is 1. The van der Waals surface area contributed by atoms with Crippen molar-refractivity contribution in [3.8, 4) is 0 Å².